The molecule has 0 aliphatic carbocycles. The molecule has 1 aliphatic heterocycles. The fourth-order valence-corrected chi connectivity index (χ4v) is 3.92. The summed E-state index contributed by atoms with van der Waals surface area (Å²) in [5.74, 6) is 1.04. The van der Waals surface area contributed by atoms with Gasteiger partial charge in [0.1, 0.15) is 10.6 Å². The number of fused-ring (bicyclic) bond motifs is 1. The van der Waals surface area contributed by atoms with Crippen LogP contribution in [0.15, 0.2) is 11.4 Å². The van der Waals surface area contributed by atoms with Gasteiger partial charge in [0.2, 0.25) is 16.0 Å². The molecular formula is C11H15N5O2S2. The van der Waals surface area contributed by atoms with Gasteiger partial charge in [-0.15, -0.1) is 11.3 Å². The van der Waals surface area contributed by atoms with Gasteiger partial charge in [0, 0.05) is 26.2 Å². The number of sulfonamides is 1. The number of nitrogens with two attached hydrogens (primary N) is 1. The second-order valence-corrected chi connectivity index (χ2v) is 7.57. The summed E-state index contributed by atoms with van der Waals surface area (Å²) in [4.78, 5) is 11.4. The molecule has 0 radical (unpaired) electrons. The first-order chi connectivity index (χ1) is 9.45. The summed E-state index contributed by atoms with van der Waals surface area (Å²) in [7, 11) is -3.12. The van der Waals surface area contributed by atoms with Crippen molar-refractivity contribution in [2.45, 2.75) is 0 Å². The van der Waals surface area contributed by atoms with Crippen LogP contribution < -0.4 is 10.6 Å². The van der Waals surface area contributed by atoms with E-state index in [0.717, 1.165) is 16.0 Å². The first-order valence-electron chi connectivity index (χ1n) is 6.16. The Kier molecular flexibility index (Phi) is 3.27. The van der Waals surface area contributed by atoms with Crippen LogP contribution in [-0.4, -0.2) is 55.1 Å². The highest BCUT2D eigenvalue weighted by Crippen LogP contribution is 2.29. The molecule has 9 heteroatoms. The van der Waals surface area contributed by atoms with Gasteiger partial charge in [0.25, 0.3) is 0 Å². The Morgan fingerprint density at radius 3 is 2.60 bits per heavy atom. The van der Waals surface area contributed by atoms with E-state index in [1.165, 1.54) is 21.9 Å². The molecule has 0 unspecified atom stereocenters. The highest BCUT2D eigenvalue weighted by atomic mass is 32.2. The molecule has 0 aromatic carbocycles. The Morgan fingerprint density at radius 1 is 1.25 bits per heavy atom. The highest BCUT2D eigenvalue weighted by Gasteiger charge is 2.25. The van der Waals surface area contributed by atoms with Crippen molar-refractivity contribution < 1.29 is 8.42 Å². The first-order valence-corrected chi connectivity index (χ1v) is 8.89. The molecule has 3 rings (SSSR count). The Bertz CT molecular complexity index is 734. The minimum Gasteiger partial charge on any atom is -0.368 e. The molecule has 2 aromatic rings. The third kappa shape index (κ3) is 2.43. The third-order valence-electron chi connectivity index (χ3n) is 3.33. The van der Waals surface area contributed by atoms with E-state index in [0.29, 0.717) is 26.2 Å². The SMILES string of the molecule is CS(=O)(=O)N1CCN(c2nc(N)nc3sccc23)CC1. The zero-order chi connectivity index (χ0) is 14.3. The standard InChI is InChI=1S/C11H15N5O2S2/c1-20(17,18)16-5-3-15(4-6-16)9-8-2-7-19-10(8)14-11(12)13-9/h2,7H,3-6H2,1H3,(H2,12,13,14). The Hall–Kier alpha value is -1.45. The predicted molar refractivity (Wildman–Crippen MR) is 80.5 cm³/mol. The van der Waals surface area contributed by atoms with Crippen molar-refractivity contribution in [1.82, 2.24) is 14.3 Å². The van der Waals surface area contributed by atoms with Crippen LogP contribution in [0.1, 0.15) is 0 Å². The number of aromatic nitrogens is 2. The maximum atomic E-state index is 11.5. The average Bonchev–Trinajstić information content (AvgIpc) is 2.85. The number of anilines is 2. The molecule has 20 heavy (non-hydrogen) atoms. The minimum atomic E-state index is -3.12. The number of rotatable bonds is 2. The number of piperazine rings is 1. The molecule has 0 atom stereocenters. The van der Waals surface area contributed by atoms with Gasteiger partial charge in [-0.05, 0) is 11.4 Å². The normalized spacial score (nSPS) is 17.8. The molecule has 0 amide bonds. The van der Waals surface area contributed by atoms with Gasteiger partial charge in [0.15, 0.2) is 0 Å². The lowest BCUT2D eigenvalue weighted by Gasteiger charge is -2.34. The number of thiophene rings is 1. The Morgan fingerprint density at radius 2 is 1.95 bits per heavy atom. The molecule has 1 fully saturated rings. The van der Waals surface area contributed by atoms with E-state index >= 15 is 0 Å². The van der Waals surface area contributed by atoms with Crippen LogP contribution >= 0.6 is 11.3 Å². The quantitative estimate of drug-likeness (QED) is 0.860. The number of hydrogen-bond acceptors (Lipinski definition) is 7. The van der Waals surface area contributed by atoms with Gasteiger partial charge in [-0.25, -0.2) is 13.4 Å². The van der Waals surface area contributed by atoms with E-state index in [4.69, 9.17) is 5.73 Å². The molecular weight excluding hydrogens is 298 g/mol. The molecule has 2 N–H and O–H groups in total. The number of hydrogen-bond donors (Lipinski definition) is 1. The van der Waals surface area contributed by atoms with E-state index in [-0.39, 0.29) is 5.95 Å². The minimum absolute atomic E-state index is 0.250. The largest absolute Gasteiger partial charge is 0.368 e. The van der Waals surface area contributed by atoms with Gasteiger partial charge in [-0.2, -0.15) is 9.29 Å². The fourth-order valence-electron chi connectivity index (χ4n) is 2.33. The van der Waals surface area contributed by atoms with E-state index in [2.05, 4.69) is 14.9 Å². The van der Waals surface area contributed by atoms with Gasteiger partial charge in [-0.3, -0.25) is 0 Å². The maximum absolute atomic E-state index is 11.5. The monoisotopic (exact) mass is 313 g/mol. The van der Waals surface area contributed by atoms with Crippen molar-refractivity contribution in [2.24, 2.45) is 0 Å². The lowest BCUT2D eigenvalue weighted by molar-refractivity contribution is 0.387. The van der Waals surface area contributed by atoms with Gasteiger partial charge in [-0.1, -0.05) is 0 Å². The summed E-state index contributed by atoms with van der Waals surface area (Å²) in [6, 6.07) is 1.97. The number of nitrogen functional groups attached to an aromatic ring is 1. The summed E-state index contributed by atoms with van der Waals surface area (Å²) in [6.45, 7) is 2.14. The highest BCUT2D eigenvalue weighted by molar-refractivity contribution is 7.88. The second-order valence-electron chi connectivity index (χ2n) is 4.69. The van der Waals surface area contributed by atoms with Crippen LogP contribution in [0, 0.1) is 0 Å². The van der Waals surface area contributed by atoms with Crippen LogP contribution in [0.25, 0.3) is 10.2 Å². The Labute approximate surface area is 121 Å². The Balaban J connectivity index is 1.89. The first kappa shape index (κ1) is 13.5. The van der Waals surface area contributed by atoms with E-state index in [9.17, 15) is 8.42 Å². The maximum Gasteiger partial charge on any atom is 0.223 e. The van der Waals surface area contributed by atoms with Crippen molar-refractivity contribution in [3.63, 3.8) is 0 Å². The molecule has 1 aliphatic rings. The summed E-state index contributed by atoms with van der Waals surface area (Å²) < 4.78 is 24.5. The molecule has 3 heterocycles. The van der Waals surface area contributed by atoms with Crippen LogP contribution in [0.5, 0.6) is 0 Å². The van der Waals surface area contributed by atoms with Gasteiger partial charge in [0.05, 0.1) is 11.6 Å². The molecule has 2 aromatic heterocycles. The average molecular weight is 313 g/mol. The van der Waals surface area contributed by atoms with Crippen molar-refractivity contribution in [3.8, 4) is 0 Å². The van der Waals surface area contributed by atoms with Crippen LogP contribution in [0.2, 0.25) is 0 Å². The van der Waals surface area contributed by atoms with Crippen LogP contribution in [-0.2, 0) is 10.0 Å². The number of nitrogens with zero attached hydrogens (tertiary/aromatic N) is 4. The summed E-state index contributed by atoms with van der Waals surface area (Å²) in [6.07, 6.45) is 1.24. The van der Waals surface area contributed by atoms with E-state index in [1.54, 1.807) is 0 Å². The van der Waals surface area contributed by atoms with Gasteiger partial charge >= 0.3 is 0 Å². The molecule has 1 saturated heterocycles. The van der Waals surface area contributed by atoms with Crippen molar-refractivity contribution in [1.29, 1.82) is 0 Å². The molecule has 0 bridgehead atoms. The molecule has 0 saturated carbocycles. The van der Waals surface area contributed by atoms with E-state index < -0.39 is 10.0 Å². The zero-order valence-corrected chi connectivity index (χ0v) is 12.6. The second kappa shape index (κ2) is 4.83. The van der Waals surface area contributed by atoms with Crippen LogP contribution in [0.3, 0.4) is 0 Å². The lowest BCUT2D eigenvalue weighted by Crippen LogP contribution is -2.48. The predicted octanol–water partition coefficient (Wildman–Crippen LogP) is 0.355. The summed E-state index contributed by atoms with van der Waals surface area (Å²) in [5.41, 5.74) is 5.74. The zero-order valence-electron chi connectivity index (χ0n) is 11.0. The van der Waals surface area contributed by atoms with Crippen molar-refractivity contribution in [2.75, 3.05) is 43.1 Å². The summed E-state index contributed by atoms with van der Waals surface area (Å²) >= 11 is 1.52. The lowest BCUT2D eigenvalue weighted by atomic mass is 10.3. The third-order valence-corrected chi connectivity index (χ3v) is 5.44. The summed E-state index contributed by atoms with van der Waals surface area (Å²) in [5, 5.41) is 2.92. The van der Waals surface area contributed by atoms with Crippen LogP contribution in [0.4, 0.5) is 11.8 Å². The molecule has 0 spiro atoms. The molecule has 108 valence electrons. The van der Waals surface area contributed by atoms with Crippen molar-refractivity contribution >= 4 is 43.3 Å². The van der Waals surface area contributed by atoms with Crippen molar-refractivity contribution in [3.05, 3.63) is 11.4 Å². The smallest absolute Gasteiger partial charge is 0.223 e. The van der Waals surface area contributed by atoms with E-state index in [1.807, 2.05) is 11.4 Å². The fraction of sp³-hybridized carbons (Fsp3) is 0.455. The van der Waals surface area contributed by atoms with Gasteiger partial charge < -0.3 is 10.6 Å². The topological polar surface area (TPSA) is 92.4 Å². The molecule has 7 nitrogen and oxygen atoms in total.